The number of hydrogen-bond donors (Lipinski definition) is 1. The van der Waals surface area contributed by atoms with Crippen LogP contribution in [0.1, 0.15) is 51.5 Å². The van der Waals surface area contributed by atoms with Crippen LogP contribution in [0.25, 0.3) is 6.08 Å². The first kappa shape index (κ1) is 27.0. The number of halogens is 7. The molecule has 0 saturated heterocycles. The number of carbonyl (C=O) groups is 1. The molecule has 1 unspecified atom stereocenters. The normalized spacial score (nSPS) is 15.7. The second kappa shape index (κ2) is 10.4. The van der Waals surface area contributed by atoms with E-state index in [2.05, 4.69) is 26.2 Å². The van der Waals surface area contributed by atoms with Crippen LogP contribution in [0.2, 0.25) is 15.1 Å². The minimum atomic E-state index is -4.59. The zero-order valence-electron chi connectivity index (χ0n) is 18.8. The molecule has 0 spiro atoms. The SMILES string of the molecule is Cc1ccc(C2(NC(=O)c3ccc(/C=C/C(c4cc(Cl)c(Cl)c(Cl)c4)C(F)(F)F)cc3Br)CC2)cn1. The van der Waals surface area contributed by atoms with E-state index in [0.29, 0.717) is 15.6 Å². The molecule has 1 aromatic heterocycles. The molecule has 3 aromatic rings. The van der Waals surface area contributed by atoms with Crippen LogP contribution in [-0.4, -0.2) is 17.1 Å². The largest absolute Gasteiger partial charge is 0.399 e. The summed E-state index contributed by atoms with van der Waals surface area (Å²) in [5, 5.41) is 2.95. The van der Waals surface area contributed by atoms with Crippen molar-refractivity contribution < 1.29 is 18.0 Å². The summed E-state index contributed by atoms with van der Waals surface area (Å²) in [6, 6.07) is 10.9. The lowest BCUT2D eigenvalue weighted by Gasteiger charge is -2.19. The van der Waals surface area contributed by atoms with E-state index in [1.807, 2.05) is 19.1 Å². The highest BCUT2D eigenvalue weighted by Gasteiger charge is 2.46. The third-order valence-corrected chi connectivity index (χ3v) is 7.86. The summed E-state index contributed by atoms with van der Waals surface area (Å²) in [5.41, 5.74) is 2.11. The van der Waals surface area contributed by atoms with E-state index in [9.17, 15) is 18.0 Å². The van der Waals surface area contributed by atoms with Gasteiger partial charge in [0.25, 0.3) is 5.91 Å². The Morgan fingerprint density at radius 2 is 1.78 bits per heavy atom. The maximum atomic E-state index is 13.8. The number of hydrogen-bond acceptors (Lipinski definition) is 2. The van der Waals surface area contributed by atoms with Crippen LogP contribution in [0.3, 0.4) is 0 Å². The van der Waals surface area contributed by atoms with E-state index in [1.165, 1.54) is 6.08 Å². The lowest BCUT2D eigenvalue weighted by molar-refractivity contribution is -0.139. The number of allylic oxidation sites excluding steroid dienone is 1. The lowest BCUT2D eigenvalue weighted by atomic mass is 9.97. The topological polar surface area (TPSA) is 42.0 Å². The van der Waals surface area contributed by atoms with Gasteiger partial charge in [-0.3, -0.25) is 9.78 Å². The van der Waals surface area contributed by atoms with Crippen LogP contribution in [0.15, 0.2) is 59.2 Å². The molecule has 1 N–H and O–H groups in total. The maximum Gasteiger partial charge on any atom is 0.399 e. The molecule has 1 heterocycles. The Morgan fingerprint density at radius 1 is 1.11 bits per heavy atom. The number of aromatic nitrogens is 1. The van der Waals surface area contributed by atoms with Crippen molar-refractivity contribution in [2.75, 3.05) is 0 Å². The number of rotatable bonds is 6. The summed E-state index contributed by atoms with van der Waals surface area (Å²) in [7, 11) is 0. The van der Waals surface area contributed by atoms with Gasteiger partial charge in [-0.15, -0.1) is 0 Å². The third kappa shape index (κ3) is 5.91. The van der Waals surface area contributed by atoms with Crippen molar-refractivity contribution in [1.82, 2.24) is 10.3 Å². The molecule has 36 heavy (non-hydrogen) atoms. The number of aryl methyl sites for hydroxylation is 1. The molecule has 0 aliphatic heterocycles. The van der Waals surface area contributed by atoms with Gasteiger partial charge >= 0.3 is 6.18 Å². The molecule has 1 atom stereocenters. The fraction of sp³-hybridized carbons (Fsp3) is 0.231. The van der Waals surface area contributed by atoms with E-state index in [1.54, 1.807) is 24.4 Å². The number of nitrogens with zero attached hydrogens (tertiary/aromatic N) is 1. The van der Waals surface area contributed by atoms with Crippen LogP contribution in [0.4, 0.5) is 13.2 Å². The minimum Gasteiger partial charge on any atom is -0.342 e. The first-order valence-electron chi connectivity index (χ1n) is 10.8. The van der Waals surface area contributed by atoms with Gasteiger partial charge in [-0.1, -0.05) is 59.1 Å². The fourth-order valence-corrected chi connectivity index (χ4v) is 5.03. The zero-order chi connectivity index (χ0) is 26.3. The Morgan fingerprint density at radius 3 is 2.31 bits per heavy atom. The van der Waals surface area contributed by atoms with Crippen LogP contribution >= 0.6 is 50.7 Å². The van der Waals surface area contributed by atoms with Gasteiger partial charge in [-0.05, 0) is 82.7 Å². The fourth-order valence-electron chi connectivity index (χ4n) is 3.84. The monoisotopic (exact) mass is 616 g/mol. The van der Waals surface area contributed by atoms with Gasteiger partial charge < -0.3 is 5.32 Å². The number of benzene rings is 2. The average molecular weight is 619 g/mol. The molecule has 1 aliphatic rings. The zero-order valence-corrected chi connectivity index (χ0v) is 22.6. The molecule has 4 rings (SSSR count). The van der Waals surface area contributed by atoms with Gasteiger partial charge in [0.2, 0.25) is 0 Å². The van der Waals surface area contributed by atoms with Crippen molar-refractivity contribution in [3.05, 3.63) is 102 Å². The number of alkyl halides is 3. The molecular weight excluding hydrogens is 600 g/mol. The third-order valence-electron chi connectivity index (χ3n) is 6.00. The van der Waals surface area contributed by atoms with Crippen molar-refractivity contribution >= 4 is 62.7 Å². The van der Waals surface area contributed by atoms with Crippen molar-refractivity contribution in [2.24, 2.45) is 0 Å². The number of nitrogens with one attached hydrogen (secondary N) is 1. The minimum absolute atomic E-state index is 0.00333. The first-order chi connectivity index (χ1) is 16.9. The molecule has 0 bridgehead atoms. The predicted molar refractivity (Wildman–Crippen MR) is 141 cm³/mol. The van der Waals surface area contributed by atoms with Crippen molar-refractivity contribution in [2.45, 2.75) is 37.4 Å². The van der Waals surface area contributed by atoms with Gasteiger partial charge in [0, 0.05) is 16.4 Å². The Balaban J connectivity index is 1.54. The lowest BCUT2D eigenvalue weighted by Crippen LogP contribution is -2.35. The Hall–Kier alpha value is -2.06. The van der Waals surface area contributed by atoms with E-state index in [4.69, 9.17) is 34.8 Å². The highest BCUT2D eigenvalue weighted by atomic mass is 79.9. The predicted octanol–water partition coefficient (Wildman–Crippen LogP) is 8.89. The Bertz CT molecular complexity index is 1320. The second-order valence-electron chi connectivity index (χ2n) is 8.64. The van der Waals surface area contributed by atoms with E-state index in [0.717, 1.165) is 42.3 Å². The van der Waals surface area contributed by atoms with Crippen molar-refractivity contribution in [3.8, 4) is 0 Å². The maximum absolute atomic E-state index is 13.8. The number of pyridine rings is 1. The Kier molecular flexibility index (Phi) is 7.77. The van der Waals surface area contributed by atoms with Crippen molar-refractivity contribution in [1.29, 1.82) is 0 Å². The van der Waals surface area contributed by atoms with Gasteiger partial charge in [0.15, 0.2) is 0 Å². The molecular formula is C26H19BrCl3F3N2O. The van der Waals surface area contributed by atoms with E-state index in [-0.39, 0.29) is 26.5 Å². The smallest absolute Gasteiger partial charge is 0.342 e. The van der Waals surface area contributed by atoms with Gasteiger partial charge in [-0.2, -0.15) is 13.2 Å². The van der Waals surface area contributed by atoms with Gasteiger partial charge in [0.05, 0.1) is 32.1 Å². The number of carbonyl (C=O) groups excluding carboxylic acids is 1. The molecule has 2 aromatic carbocycles. The van der Waals surface area contributed by atoms with Gasteiger partial charge in [-0.25, -0.2) is 0 Å². The highest BCUT2D eigenvalue weighted by molar-refractivity contribution is 9.10. The molecule has 188 valence electrons. The number of amides is 1. The highest BCUT2D eigenvalue weighted by Crippen LogP contribution is 2.46. The van der Waals surface area contributed by atoms with E-state index < -0.39 is 17.6 Å². The van der Waals surface area contributed by atoms with Crippen LogP contribution in [-0.2, 0) is 5.54 Å². The summed E-state index contributed by atoms with van der Waals surface area (Å²) in [6.45, 7) is 1.89. The first-order valence-corrected chi connectivity index (χ1v) is 12.8. The molecule has 1 fully saturated rings. The van der Waals surface area contributed by atoms with Crippen molar-refractivity contribution in [3.63, 3.8) is 0 Å². The average Bonchev–Trinajstić information content (AvgIpc) is 3.57. The standard InChI is InChI=1S/C26H19BrCl3F3N2O/c1-14-2-5-17(13-34-14)25(8-9-25)35-24(36)18-6-3-15(10-20(18)27)4-7-19(26(31,32)33)16-11-21(28)23(30)22(29)12-16/h2-7,10-13,19H,8-9H2,1H3,(H,35,36)/b7-4+. The molecule has 0 radical (unpaired) electrons. The molecule has 3 nitrogen and oxygen atoms in total. The van der Waals surface area contributed by atoms with Crippen LogP contribution in [0.5, 0.6) is 0 Å². The molecule has 1 saturated carbocycles. The molecule has 1 aliphatic carbocycles. The molecule has 10 heteroatoms. The summed E-state index contributed by atoms with van der Waals surface area (Å²) in [4.78, 5) is 17.3. The summed E-state index contributed by atoms with van der Waals surface area (Å²) >= 11 is 21.1. The molecule has 1 amide bonds. The van der Waals surface area contributed by atoms with Crippen LogP contribution in [0, 0.1) is 6.92 Å². The Labute approximate surface area is 229 Å². The second-order valence-corrected chi connectivity index (χ2v) is 10.7. The van der Waals surface area contributed by atoms with Crippen LogP contribution < -0.4 is 5.32 Å². The quantitative estimate of drug-likeness (QED) is 0.281. The van der Waals surface area contributed by atoms with Gasteiger partial charge in [0.1, 0.15) is 0 Å². The van der Waals surface area contributed by atoms with E-state index >= 15 is 0 Å². The summed E-state index contributed by atoms with van der Waals surface area (Å²) in [6.07, 6.45) is 1.14. The summed E-state index contributed by atoms with van der Waals surface area (Å²) < 4.78 is 41.9. The summed E-state index contributed by atoms with van der Waals surface area (Å²) in [5.74, 6) is -2.24.